The van der Waals surface area contributed by atoms with E-state index in [1.165, 1.54) is 11.0 Å². The summed E-state index contributed by atoms with van der Waals surface area (Å²) in [5, 5.41) is 10.1. The average Bonchev–Trinajstić information content (AvgIpc) is 2.31. The number of nitrogens with one attached hydrogen (secondary N) is 2. The van der Waals surface area contributed by atoms with Crippen molar-refractivity contribution in [2.45, 2.75) is 32.2 Å². The first-order valence-electron chi connectivity index (χ1n) is 5.53. The van der Waals surface area contributed by atoms with Gasteiger partial charge in [-0.2, -0.15) is 0 Å². The van der Waals surface area contributed by atoms with Crippen LogP contribution in [-0.4, -0.2) is 28.6 Å². The topological polar surface area (TPSA) is 73.3 Å². The molecule has 1 unspecified atom stereocenters. The molecule has 1 aliphatic rings. The van der Waals surface area contributed by atoms with Crippen LogP contribution in [0.1, 0.15) is 26.2 Å². The Morgan fingerprint density at radius 1 is 1.65 bits per heavy atom. The van der Waals surface area contributed by atoms with Crippen molar-refractivity contribution in [3.05, 3.63) is 24.9 Å². The van der Waals surface area contributed by atoms with Crippen molar-refractivity contribution in [1.29, 1.82) is 5.41 Å². The molecular formula is C12H17N3O2. The number of hydrogen-bond acceptors (Lipinski definition) is 3. The highest BCUT2D eigenvalue weighted by Gasteiger charge is 2.33. The molecule has 1 fully saturated rings. The summed E-state index contributed by atoms with van der Waals surface area (Å²) < 4.78 is 0. The molecule has 0 bridgehead atoms. The van der Waals surface area contributed by atoms with E-state index >= 15 is 0 Å². The van der Waals surface area contributed by atoms with Crippen molar-refractivity contribution >= 4 is 17.6 Å². The van der Waals surface area contributed by atoms with Gasteiger partial charge >= 0.3 is 0 Å². The maximum atomic E-state index is 11.7. The Morgan fingerprint density at radius 3 is 2.76 bits per heavy atom. The van der Waals surface area contributed by atoms with E-state index in [2.05, 4.69) is 18.5 Å². The van der Waals surface area contributed by atoms with Gasteiger partial charge in [0, 0.05) is 18.5 Å². The van der Waals surface area contributed by atoms with Gasteiger partial charge in [-0.15, -0.1) is 0 Å². The van der Waals surface area contributed by atoms with E-state index in [9.17, 15) is 9.59 Å². The molecule has 0 aromatic carbocycles. The van der Waals surface area contributed by atoms with Crippen LogP contribution in [-0.2, 0) is 9.59 Å². The Hall–Kier alpha value is -1.91. The van der Waals surface area contributed by atoms with E-state index < -0.39 is 6.04 Å². The van der Waals surface area contributed by atoms with Gasteiger partial charge in [0.05, 0.1) is 0 Å². The summed E-state index contributed by atoms with van der Waals surface area (Å²) in [5.41, 5.74) is 0.506. The fraction of sp³-hybridized carbons (Fsp3) is 0.417. The van der Waals surface area contributed by atoms with Crippen molar-refractivity contribution in [2.24, 2.45) is 0 Å². The van der Waals surface area contributed by atoms with Gasteiger partial charge in [-0.1, -0.05) is 20.1 Å². The van der Waals surface area contributed by atoms with Crippen LogP contribution in [0.5, 0.6) is 0 Å². The molecule has 1 rings (SSSR count). The van der Waals surface area contributed by atoms with Crippen molar-refractivity contribution in [1.82, 2.24) is 10.2 Å². The lowest BCUT2D eigenvalue weighted by Gasteiger charge is -2.34. The summed E-state index contributed by atoms with van der Waals surface area (Å²) in [6.07, 6.45) is 2.69. The monoisotopic (exact) mass is 235 g/mol. The summed E-state index contributed by atoms with van der Waals surface area (Å²) in [5.74, 6) is -0.342. The van der Waals surface area contributed by atoms with Crippen LogP contribution in [0.4, 0.5) is 0 Å². The summed E-state index contributed by atoms with van der Waals surface area (Å²) in [7, 11) is 0. The van der Waals surface area contributed by atoms with Gasteiger partial charge in [-0.3, -0.25) is 20.3 Å². The first-order chi connectivity index (χ1) is 8.01. The molecule has 92 valence electrons. The van der Waals surface area contributed by atoms with Crippen molar-refractivity contribution < 1.29 is 9.59 Å². The molecule has 5 nitrogen and oxygen atoms in total. The van der Waals surface area contributed by atoms with E-state index in [1.807, 2.05) is 6.92 Å². The first-order valence-corrected chi connectivity index (χ1v) is 5.53. The summed E-state index contributed by atoms with van der Waals surface area (Å²) in [6, 6.07) is -0.536. The number of carbonyl (C=O) groups excluding carboxylic acids is 2. The molecule has 2 amide bonds. The molecule has 0 radical (unpaired) electrons. The van der Waals surface area contributed by atoms with Crippen LogP contribution < -0.4 is 5.32 Å². The Kier molecular flexibility index (Phi) is 4.20. The van der Waals surface area contributed by atoms with Gasteiger partial charge < -0.3 is 4.90 Å². The molecule has 17 heavy (non-hydrogen) atoms. The minimum atomic E-state index is -0.536. The van der Waals surface area contributed by atoms with Crippen LogP contribution in [0.15, 0.2) is 24.9 Å². The maximum absolute atomic E-state index is 11.7. The van der Waals surface area contributed by atoms with Gasteiger partial charge in [0.1, 0.15) is 11.9 Å². The van der Waals surface area contributed by atoms with Gasteiger partial charge in [-0.25, -0.2) is 0 Å². The highest BCUT2D eigenvalue weighted by Crippen LogP contribution is 2.18. The van der Waals surface area contributed by atoms with E-state index in [0.29, 0.717) is 24.4 Å². The van der Waals surface area contributed by atoms with E-state index in [-0.39, 0.29) is 18.2 Å². The minimum Gasteiger partial charge on any atom is -0.318 e. The van der Waals surface area contributed by atoms with Gasteiger partial charge in [0.25, 0.3) is 0 Å². The van der Waals surface area contributed by atoms with Crippen molar-refractivity contribution in [3.8, 4) is 0 Å². The lowest BCUT2D eigenvalue weighted by atomic mass is 10.0. The first kappa shape index (κ1) is 13.2. The third-order valence-electron chi connectivity index (χ3n) is 2.69. The summed E-state index contributed by atoms with van der Waals surface area (Å²) in [6.45, 7) is 9.20. The number of nitrogens with zero attached hydrogens (tertiary/aromatic N) is 1. The zero-order chi connectivity index (χ0) is 13.0. The Bertz CT molecular complexity index is 387. The molecule has 5 heteroatoms. The molecule has 0 aromatic heterocycles. The van der Waals surface area contributed by atoms with Crippen LogP contribution in [0.2, 0.25) is 0 Å². The molecule has 1 heterocycles. The standard InChI is InChI=1S/C12H17N3O2/c1-4-8(3)15(10(13)5-2)9-6-7-11(16)14-12(9)17/h4,9,13H,1,3,5-7H2,2H3,(H,14,16,17). The zero-order valence-corrected chi connectivity index (χ0v) is 9.95. The molecule has 2 N–H and O–H groups in total. The number of imide groups is 1. The average molecular weight is 235 g/mol. The predicted molar refractivity (Wildman–Crippen MR) is 65.4 cm³/mol. The predicted octanol–water partition coefficient (Wildman–Crippen LogP) is 1.18. The van der Waals surface area contributed by atoms with Crippen LogP contribution in [0.25, 0.3) is 0 Å². The van der Waals surface area contributed by atoms with Crippen molar-refractivity contribution in [3.63, 3.8) is 0 Å². The van der Waals surface area contributed by atoms with Gasteiger partial charge in [0.15, 0.2) is 0 Å². The largest absolute Gasteiger partial charge is 0.318 e. The maximum Gasteiger partial charge on any atom is 0.249 e. The smallest absolute Gasteiger partial charge is 0.249 e. The normalized spacial score (nSPS) is 19.5. The van der Waals surface area contributed by atoms with Gasteiger partial charge in [0.2, 0.25) is 11.8 Å². The van der Waals surface area contributed by atoms with E-state index in [4.69, 9.17) is 5.41 Å². The van der Waals surface area contributed by atoms with Crippen molar-refractivity contribution in [2.75, 3.05) is 0 Å². The highest BCUT2D eigenvalue weighted by atomic mass is 16.2. The lowest BCUT2D eigenvalue weighted by molar-refractivity contribution is -0.136. The quantitative estimate of drug-likeness (QED) is 0.332. The molecule has 0 aliphatic carbocycles. The van der Waals surface area contributed by atoms with Crippen LogP contribution >= 0.6 is 0 Å². The number of carbonyl (C=O) groups is 2. The van der Waals surface area contributed by atoms with Crippen LogP contribution in [0, 0.1) is 5.41 Å². The van der Waals surface area contributed by atoms with E-state index in [1.54, 1.807) is 0 Å². The highest BCUT2D eigenvalue weighted by molar-refractivity contribution is 6.02. The third kappa shape index (κ3) is 2.81. The van der Waals surface area contributed by atoms with E-state index in [0.717, 1.165) is 0 Å². The molecule has 0 spiro atoms. The Labute approximate surface area is 101 Å². The number of hydrogen-bond donors (Lipinski definition) is 2. The summed E-state index contributed by atoms with van der Waals surface area (Å²) in [4.78, 5) is 24.4. The lowest BCUT2D eigenvalue weighted by Crippen LogP contribution is -2.53. The van der Waals surface area contributed by atoms with Crippen LogP contribution in [0.3, 0.4) is 0 Å². The second-order valence-electron chi connectivity index (χ2n) is 3.83. The second-order valence-corrected chi connectivity index (χ2v) is 3.83. The third-order valence-corrected chi connectivity index (χ3v) is 2.69. The number of amides is 2. The molecule has 0 aromatic rings. The van der Waals surface area contributed by atoms with Gasteiger partial charge in [-0.05, 0) is 12.5 Å². The zero-order valence-electron chi connectivity index (χ0n) is 9.95. The number of amidine groups is 1. The molecule has 1 saturated heterocycles. The number of rotatable bonds is 4. The fourth-order valence-electron chi connectivity index (χ4n) is 1.76. The number of piperidine rings is 1. The fourth-order valence-corrected chi connectivity index (χ4v) is 1.76. The second kappa shape index (κ2) is 5.43. The number of allylic oxidation sites excluding steroid dienone is 1. The Morgan fingerprint density at radius 2 is 2.29 bits per heavy atom. The Balaban J connectivity index is 2.94. The molecule has 1 atom stereocenters. The molecular weight excluding hydrogens is 218 g/mol. The SMILES string of the molecule is C=CC(=C)N(C(=N)CC)C1CCC(=O)NC1=O. The minimum absolute atomic E-state index is 0.265. The molecule has 1 aliphatic heterocycles. The summed E-state index contributed by atoms with van der Waals surface area (Å²) >= 11 is 0. The molecule has 0 saturated carbocycles.